The van der Waals surface area contributed by atoms with Gasteiger partial charge in [0.2, 0.25) is 0 Å². The van der Waals surface area contributed by atoms with Crippen LogP contribution in [-0.4, -0.2) is 26.9 Å². The topological polar surface area (TPSA) is 51.2 Å². The number of hydrogen-bond acceptors (Lipinski definition) is 3. The van der Waals surface area contributed by atoms with Crippen LogP contribution in [0.25, 0.3) is 0 Å². The molecule has 1 aliphatic carbocycles. The van der Waals surface area contributed by atoms with Crippen molar-refractivity contribution >= 4 is 37.3 Å². The first-order chi connectivity index (χ1) is 18.2. The van der Waals surface area contributed by atoms with Crippen molar-refractivity contribution in [1.29, 1.82) is 0 Å². The molecule has 4 heteroatoms. The van der Waals surface area contributed by atoms with Crippen LogP contribution in [0, 0.1) is 5.92 Å². The van der Waals surface area contributed by atoms with Gasteiger partial charge in [0, 0.05) is 17.0 Å². The second-order valence-corrected chi connectivity index (χ2v) is 15.6. The molecule has 2 atom stereocenters. The quantitative estimate of drug-likeness (QED) is 0.123. The van der Waals surface area contributed by atoms with Crippen LogP contribution in [0.2, 0.25) is 11.6 Å². The third-order valence-corrected chi connectivity index (χ3v) is 14.3. The maximum atomic E-state index is 11.9. The predicted octanol–water partition coefficient (Wildman–Crippen LogP) is 7.55. The van der Waals surface area contributed by atoms with Gasteiger partial charge >= 0.3 is 0 Å². The molecule has 200 valence electrons. The van der Waals surface area contributed by atoms with Crippen molar-refractivity contribution in [3.8, 4) is 0 Å². The molecule has 0 spiro atoms. The third-order valence-electron chi connectivity index (χ3n) is 8.60. The first kappa shape index (κ1) is 29.2. The summed E-state index contributed by atoms with van der Waals surface area (Å²) in [6.45, 7) is 2.26. The number of unbranched alkanes of at least 4 members (excludes halogenated alkanes) is 9. The van der Waals surface area contributed by atoms with Crippen LogP contribution in [0.15, 0.2) is 48.5 Å². The van der Waals surface area contributed by atoms with Crippen LogP contribution in [0.4, 0.5) is 0 Å². The largest absolute Gasteiger partial charge is 0.303 e. The molecule has 1 fully saturated rings. The summed E-state index contributed by atoms with van der Waals surface area (Å²) in [5.41, 5.74) is 1.86. The summed E-state index contributed by atoms with van der Waals surface area (Å²) in [5.74, 6) is 0.113. The average molecular weight is 519 g/mol. The summed E-state index contributed by atoms with van der Waals surface area (Å²) in [6.07, 6.45) is 20.1. The van der Waals surface area contributed by atoms with E-state index in [9.17, 15) is 14.4 Å². The van der Waals surface area contributed by atoms with Crippen molar-refractivity contribution in [2.75, 3.05) is 0 Å². The second kappa shape index (κ2) is 15.8. The fourth-order valence-corrected chi connectivity index (χ4v) is 12.7. The Morgan fingerprint density at radius 2 is 1.27 bits per heavy atom. The van der Waals surface area contributed by atoms with Crippen LogP contribution in [0.5, 0.6) is 0 Å². The van der Waals surface area contributed by atoms with Gasteiger partial charge in [0.15, 0.2) is 0 Å². The molecule has 0 aromatic heterocycles. The number of carbonyl (C=O) groups excluding carboxylic acids is 3. The Hall–Kier alpha value is -2.33. The number of carbonyl (C=O) groups is 3. The molecular formula is C33H46O3Si. The molecule has 1 unspecified atom stereocenters. The van der Waals surface area contributed by atoms with Crippen molar-refractivity contribution in [3.63, 3.8) is 0 Å². The van der Waals surface area contributed by atoms with Gasteiger partial charge in [-0.3, -0.25) is 9.59 Å². The Balaban J connectivity index is 1.87. The maximum absolute atomic E-state index is 11.9. The van der Waals surface area contributed by atoms with Crippen LogP contribution in [-0.2, 0) is 4.79 Å². The van der Waals surface area contributed by atoms with Crippen molar-refractivity contribution in [2.45, 2.75) is 108 Å². The van der Waals surface area contributed by atoms with E-state index < -0.39 is 8.07 Å². The second-order valence-electron chi connectivity index (χ2n) is 11.1. The van der Waals surface area contributed by atoms with Gasteiger partial charge in [-0.05, 0) is 24.4 Å². The van der Waals surface area contributed by atoms with Gasteiger partial charge < -0.3 is 4.79 Å². The van der Waals surface area contributed by atoms with Crippen molar-refractivity contribution < 1.29 is 14.4 Å². The number of benzene rings is 2. The van der Waals surface area contributed by atoms with Crippen LogP contribution < -0.4 is 10.4 Å². The smallest absolute Gasteiger partial charge is 0.150 e. The molecular weight excluding hydrogens is 472 g/mol. The van der Waals surface area contributed by atoms with Crippen molar-refractivity contribution in [2.24, 2.45) is 5.92 Å². The minimum absolute atomic E-state index is 0.113. The zero-order chi connectivity index (χ0) is 26.3. The van der Waals surface area contributed by atoms with Gasteiger partial charge in [-0.2, -0.15) is 0 Å². The van der Waals surface area contributed by atoms with Gasteiger partial charge in [0.1, 0.15) is 26.9 Å². The molecule has 1 saturated carbocycles. The molecule has 3 nitrogen and oxygen atoms in total. The van der Waals surface area contributed by atoms with E-state index in [1.165, 1.54) is 68.2 Å². The van der Waals surface area contributed by atoms with E-state index in [1.54, 1.807) is 0 Å². The molecule has 3 rings (SSSR count). The number of hydrogen-bond donors (Lipinski definition) is 0. The van der Waals surface area contributed by atoms with E-state index in [2.05, 4.69) is 31.2 Å². The molecule has 1 aliphatic rings. The molecule has 0 radical (unpaired) electrons. The number of rotatable bonds is 17. The highest BCUT2D eigenvalue weighted by molar-refractivity contribution is 7.03. The van der Waals surface area contributed by atoms with Crippen LogP contribution in [0.1, 0.15) is 118 Å². The lowest BCUT2D eigenvalue weighted by Gasteiger charge is -2.44. The predicted molar refractivity (Wildman–Crippen MR) is 157 cm³/mol. The molecule has 2 aromatic carbocycles. The van der Waals surface area contributed by atoms with E-state index in [-0.39, 0.29) is 5.92 Å². The molecule has 0 N–H and O–H groups in total. The zero-order valence-corrected chi connectivity index (χ0v) is 23.8. The average Bonchev–Trinajstić information content (AvgIpc) is 2.96. The van der Waals surface area contributed by atoms with E-state index in [4.69, 9.17) is 0 Å². The molecule has 37 heavy (non-hydrogen) atoms. The highest BCUT2D eigenvalue weighted by Gasteiger charge is 2.45. The standard InChI is InChI=1S/C33H46O3Si/c1-2-3-4-5-6-7-8-9-10-11-21-37(31-18-12-15-28(22-31)25-34,32-19-13-16-29(23-32)26-35)33-20-14-17-30(24-33)27-36/h12-13,15-16,18-19,22-23,25-27,30,33H,2-11,14,17,20-21,24H2,1H3/t30?,33-/m1/s1. The molecule has 0 heterocycles. The van der Waals surface area contributed by atoms with Crippen molar-refractivity contribution in [1.82, 2.24) is 0 Å². The first-order valence-corrected chi connectivity index (χ1v) is 17.0. The fraction of sp³-hybridized carbons (Fsp3) is 0.545. The Kier molecular flexibility index (Phi) is 12.5. The fourth-order valence-electron chi connectivity index (χ4n) is 6.60. The Morgan fingerprint density at radius 1 is 0.730 bits per heavy atom. The minimum atomic E-state index is -2.37. The molecule has 0 aliphatic heterocycles. The normalized spacial score (nSPS) is 17.9. The summed E-state index contributed by atoms with van der Waals surface area (Å²) < 4.78 is 0. The van der Waals surface area contributed by atoms with Crippen molar-refractivity contribution in [3.05, 3.63) is 59.7 Å². The van der Waals surface area contributed by atoms with Gasteiger partial charge in [-0.15, -0.1) is 0 Å². The minimum Gasteiger partial charge on any atom is -0.303 e. The van der Waals surface area contributed by atoms with E-state index in [1.807, 2.05) is 24.3 Å². The monoisotopic (exact) mass is 518 g/mol. The summed E-state index contributed by atoms with van der Waals surface area (Å²) in [4.78, 5) is 35.4. The zero-order valence-electron chi connectivity index (χ0n) is 22.8. The summed E-state index contributed by atoms with van der Waals surface area (Å²) in [5, 5.41) is 2.57. The van der Waals surface area contributed by atoms with E-state index in [0.29, 0.717) is 16.7 Å². The highest BCUT2D eigenvalue weighted by atomic mass is 28.3. The lowest BCUT2D eigenvalue weighted by molar-refractivity contribution is -0.111. The third kappa shape index (κ3) is 8.07. The molecule has 0 saturated heterocycles. The summed E-state index contributed by atoms with van der Waals surface area (Å²) in [7, 11) is -2.37. The maximum Gasteiger partial charge on any atom is 0.150 e. The van der Waals surface area contributed by atoms with Gasteiger partial charge in [-0.25, -0.2) is 0 Å². The molecule has 0 amide bonds. The Labute approximate surface area is 225 Å². The van der Waals surface area contributed by atoms with Gasteiger partial charge in [0.05, 0.1) is 0 Å². The van der Waals surface area contributed by atoms with Gasteiger partial charge in [-0.1, -0.05) is 143 Å². The lowest BCUT2D eigenvalue weighted by atomic mass is 9.90. The first-order valence-electron chi connectivity index (χ1n) is 14.7. The van der Waals surface area contributed by atoms with E-state index >= 15 is 0 Å². The Bertz CT molecular complexity index is 934. The van der Waals surface area contributed by atoms with Crippen LogP contribution in [0.3, 0.4) is 0 Å². The van der Waals surface area contributed by atoms with Gasteiger partial charge in [0.25, 0.3) is 0 Å². The molecule has 0 bridgehead atoms. The van der Waals surface area contributed by atoms with E-state index in [0.717, 1.165) is 57.0 Å². The SMILES string of the molecule is CCCCCCCCCCCC[Si](c1cccc(C=O)c1)(c1cccc(C=O)c1)[C@@H]1CCCC(C=O)C1. The lowest BCUT2D eigenvalue weighted by Crippen LogP contribution is -2.62. The molecule has 2 aromatic rings. The number of aldehydes is 3. The summed E-state index contributed by atoms with van der Waals surface area (Å²) >= 11 is 0. The highest BCUT2D eigenvalue weighted by Crippen LogP contribution is 2.42. The summed E-state index contributed by atoms with van der Waals surface area (Å²) in [6, 6.07) is 17.5. The Morgan fingerprint density at radius 3 is 1.78 bits per heavy atom. The van der Waals surface area contributed by atoms with Crippen LogP contribution >= 0.6 is 0 Å².